The van der Waals surface area contributed by atoms with Crippen LogP contribution in [0.15, 0.2) is 54.7 Å². The molecule has 0 unspecified atom stereocenters. The van der Waals surface area contributed by atoms with Crippen molar-refractivity contribution in [3.8, 4) is 11.4 Å². The van der Waals surface area contributed by atoms with E-state index in [1.54, 1.807) is 36.2 Å². The molecule has 2 aromatic heterocycles. The molecule has 0 spiro atoms. The summed E-state index contributed by atoms with van der Waals surface area (Å²) in [5.41, 5.74) is 1.05. The molecular formula is C30H38N8O4. The van der Waals surface area contributed by atoms with Crippen LogP contribution in [0.5, 0.6) is 0 Å². The maximum atomic E-state index is 13.4. The summed E-state index contributed by atoms with van der Waals surface area (Å²) in [5, 5.41) is 13.3. The Labute approximate surface area is 245 Å². The predicted molar refractivity (Wildman–Crippen MR) is 156 cm³/mol. The van der Waals surface area contributed by atoms with Gasteiger partial charge in [-0.25, -0.2) is 9.67 Å². The number of carbonyl (C=O) groups excluding carboxylic acids is 4. The second-order valence-electron chi connectivity index (χ2n) is 10.8. The summed E-state index contributed by atoms with van der Waals surface area (Å²) in [7, 11) is 0. The number of amides is 4. The highest BCUT2D eigenvalue weighted by Crippen LogP contribution is 2.19. The first-order chi connectivity index (χ1) is 20.2. The van der Waals surface area contributed by atoms with E-state index < -0.39 is 12.1 Å². The van der Waals surface area contributed by atoms with Crippen molar-refractivity contribution >= 4 is 23.6 Å². The molecule has 4 amide bonds. The molecule has 1 aliphatic heterocycles. The molecule has 1 aliphatic rings. The zero-order chi connectivity index (χ0) is 30.1. The van der Waals surface area contributed by atoms with Gasteiger partial charge in [0, 0.05) is 37.8 Å². The smallest absolute Gasteiger partial charge is 0.272 e. The molecule has 4 rings (SSSR count). The van der Waals surface area contributed by atoms with E-state index in [0.29, 0.717) is 24.5 Å². The Morgan fingerprint density at radius 3 is 2.48 bits per heavy atom. The lowest BCUT2D eigenvalue weighted by Gasteiger charge is -2.23. The van der Waals surface area contributed by atoms with Gasteiger partial charge in [-0.15, -0.1) is 0 Å². The number of nitrogens with zero attached hydrogens (tertiary/aromatic N) is 5. The highest BCUT2D eigenvalue weighted by atomic mass is 16.2. The van der Waals surface area contributed by atoms with Crippen LogP contribution in [0, 0.1) is 5.92 Å². The van der Waals surface area contributed by atoms with Crippen molar-refractivity contribution in [3.05, 3.63) is 66.2 Å². The predicted octanol–water partition coefficient (Wildman–Crippen LogP) is 2.10. The van der Waals surface area contributed by atoms with E-state index >= 15 is 0 Å². The van der Waals surface area contributed by atoms with Crippen LogP contribution in [-0.2, 0) is 20.9 Å². The molecule has 12 heteroatoms. The Morgan fingerprint density at radius 2 is 1.76 bits per heavy atom. The van der Waals surface area contributed by atoms with Crippen molar-refractivity contribution in [1.29, 1.82) is 0 Å². The van der Waals surface area contributed by atoms with E-state index in [9.17, 15) is 19.2 Å². The van der Waals surface area contributed by atoms with Gasteiger partial charge in [0.2, 0.25) is 17.7 Å². The van der Waals surface area contributed by atoms with Crippen molar-refractivity contribution < 1.29 is 19.2 Å². The fourth-order valence-electron chi connectivity index (χ4n) is 4.77. The first-order valence-electron chi connectivity index (χ1n) is 14.3. The van der Waals surface area contributed by atoms with Crippen molar-refractivity contribution in [2.75, 3.05) is 19.6 Å². The SMILES string of the molecule is CC(C)C[C@H]1NC(=O)CCCN(C(=O)c2ccccn2)CCNC(=O)Cn2nc(-c3ccccc3)nc2[C@H](C)NC1=O. The molecule has 3 aromatic rings. The van der Waals surface area contributed by atoms with Crippen LogP contribution in [0.3, 0.4) is 0 Å². The standard InChI is InChI=1S/C30H38N8O4/c1-20(2)18-24-29(41)33-21(3)28-35-27(22-10-5-4-6-11-22)36-38(28)19-26(40)32-15-17-37(16-9-13-25(39)34-24)30(42)23-12-7-8-14-31-23/h4-8,10-12,14,20-21,24H,9,13,15-19H2,1-3H3,(H,32,40)(H,33,41)(H,34,39)/t21-,24+/m0/s1. The minimum atomic E-state index is -0.754. The van der Waals surface area contributed by atoms with Gasteiger partial charge < -0.3 is 20.9 Å². The first kappa shape index (κ1) is 30.4. The van der Waals surface area contributed by atoms with Crippen LogP contribution in [0.4, 0.5) is 0 Å². The maximum Gasteiger partial charge on any atom is 0.272 e. The summed E-state index contributed by atoms with van der Waals surface area (Å²) in [6.07, 6.45) is 2.50. The molecule has 222 valence electrons. The van der Waals surface area contributed by atoms with Gasteiger partial charge in [-0.3, -0.25) is 24.2 Å². The molecule has 0 saturated carbocycles. The van der Waals surface area contributed by atoms with Crippen molar-refractivity contribution in [2.24, 2.45) is 5.92 Å². The highest BCUT2D eigenvalue weighted by molar-refractivity contribution is 5.92. The summed E-state index contributed by atoms with van der Waals surface area (Å²) >= 11 is 0. The summed E-state index contributed by atoms with van der Waals surface area (Å²) in [4.78, 5) is 62.9. The van der Waals surface area contributed by atoms with E-state index in [2.05, 4.69) is 31.0 Å². The van der Waals surface area contributed by atoms with Crippen LogP contribution < -0.4 is 16.0 Å². The Kier molecular flexibility index (Phi) is 10.4. The maximum absolute atomic E-state index is 13.4. The molecule has 3 heterocycles. The van der Waals surface area contributed by atoms with Gasteiger partial charge in [0.1, 0.15) is 24.1 Å². The third-order valence-corrected chi connectivity index (χ3v) is 6.84. The minimum Gasteiger partial charge on any atom is -0.353 e. The number of benzene rings is 1. The van der Waals surface area contributed by atoms with Crippen LogP contribution in [0.1, 0.15) is 62.4 Å². The fourth-order valence-corrected chi connectivity index (χ4v) is 4.77. The molecule has 0 fully saturated rings. The second-order valence-corrected chi connectivity index (χ2v) is 10.8. The third-order valence-electron chi connectivity index (χ3n) is 6.84. The quantitative estimate of drug-likeness (QED) is 0.432. The van der Waals surface area contributed by atoms with Gasteiger partial charge in [0.05, 0.1) is 6.04 Å². The lowest BCUT2D eigenvalue weighted by Crippen LogP contribution is -2.48. The second kappa shape index (κ2) is 14.3. The summed E-state index contributed by atoms with van der Waals surface area (Å²) in [5.74, 6) is -0.254. The zero-order valence-electron chi connectivity index (χ0n) is 24.2. The molecule has 0 radical (unpaired) electrons. The van der Waals surface area contributed by atoms with E-state index in [-0.39, 0.29) is 67.8 Å². The highest BCUT2D eigenvalue weighted by Gasteiger charge is 2.27. The topological polar surface area (TPSA) is 151 Å². The van der Waals surface area contributed by atoms with Gasteiger partial charge in [-0.1, -0.05) is 50.2 Å². The number of hydrogen-bond acceptors (Lipinski definition) is 7. The van der Waals surface area contributed by atoms with Gasteiger partial charge in [-0.05, 0) is 37.8 Å². The molecule has 2 atom stereocenters. The lowest BCUT2D eigenvalue weighted by molar-refractivity contribution is -0.129. The van der Waals surface area contributed by atoms with Crippen LogP contribution in [0.2, 0.25) is 0 Å². The number of nitrogens with one attached hydrogen (secondary N) is 3. The van der Waals surface area contributed by atoms with E-state index in [1.165, 1.54) is 4.68 Å². The molecule has 3 N–H and O–H groups in total. The average Bonchev–Trinajstić information content (AvgIpc) is 3.39. The van der Waals surface area contributed by atoms with Crippen LogP contribution >= 0.6 is 0 Å². The summed E-state index contributed by atoms with van der Waals surface area (Å²) in [6.45, 7) is 6.31. The van der Waals surface area contributed by atoms with Crippen molar-refractivity contribution in [1.82, 2.24) is 40.6 Å². The fraction of sp³-hybridized carbons (Fsp3) is 0.433. The zero-order valence-corrected chi connectivity index (χ0v) is 24.2. The average molecular weight is 575 g/mol. The number of hydrogen-bond donors (Lipinski definition) is 3. The van der Waals surface area contributed by atoms with Gasteiger partial charge in [0.15, 0.2) is 5.82 Å². The van der Waals surface area contributed by atoms with Gasteiger partial charge in [0.25, 0.3) is 5.91 Å². The molecule has 42 heavy (non-hydrogen) atoms. The van der Waals surface area contributed by atoms with Crippen molar-refractivity contribution in [2.45, 2.75) is 58.7 Å². The Balaban J connectivity index is 1.62. The lowest BCUT2D eigenvalue weighted by atomic mass is 10.0. The number of pyridine rings is 1. The monoisotopic (exact) mass is 574 g/mol. The largest absolute Gasteiger partial charge is 0.353 e. The van der Waals surface area contributed by atoms with E-state index in [4.69, 9.17) is 0 Å². The van der Waals surface area contributed by atoms with Gasteiger partial charge >= 0.3 is 0 Å². The number of carbonyl (C=O) groups is 4. The molecule has 1 aromatic carbocycles. The Bertz CT molecular complexity index is 1380. The number of rotatable bonds is 4. The van der Waals surface area contributed by atoms with Gasteiger partial charge in [-0.2, -0.15) is 5.10 Å². The van der Waals surface area contributed by atoms with Crippen LogP contribution in [-0.4, -0.2) is 74.0 Å². The molecule has 0 bridgehead atoms. The Hall–Kier alpha value is -4.61. The molecule has 0 saturated heterocycles. The van der Waals surface area contributed by atoms with Crippen molar-refractivity contribution in [3.63, 3.8) is 0 Å². The number of fused-ring (bicyclic) bond motifs is 1. The summed E-state index contributed by atoms with van der Waals surface area (Å²) < 4.78 is 1.48. The minimum absolute atomic E-state index is 0.129. The van der Waals surface area contributed by atoms with Crippen LogP contribution in [0.25, 0.3) is 11.4 Å². The first-order valence-corrected chi connectivity index (χ1v) is 14.3. The third kappa shape index (κ3) is 8.21. The molecule has 0 aliphatic carbocycles. The van der Waals surface area contributed by atoms with E-state index in [0.717, 1.165) is 5.56 Å². The molecule has 12 nitrogen and oxygen atoms in total. The number of aromatic nitrogens is 4. The Morgan fingerprint density at radius 1 is 1.00 bits per heavy atom. The normalized spacial score (nSPS) is 19.3. The molecular weight excluding hydrogens is 536 g/mol. The summed E-state index contributed by atoms with van der Waals surface area (Å²) in [6, 6.07) is 13.1. The van der Waals surface area contributed by atoms with E-state index in [1.807, 2.05) is 44.2 Å².